The summed E-state index contributed by atoms with van der Waals surface area (Å²) in [6, 6.07) is 21.4. The van der Waals surface area contributed by atoms with E-state index in [1.807, 2.05) is 6.82 Å². The van der Waals surface area contributed by atoms with Gasteiger partial charge < -0.3 is 73.8 Å². The van der Waals surface area contributed by atoms with Gasteiger partial charge in [0.1, 0.15) is 18.3 Å². The number of aliphatic hydroxyl groups is 2. The van der Waals surface area contributed by atoms with Crippen LogP contribution in [-0.2, 0) is 75.0 Å². The van der Waals surface area contributed by atoms with Crippen molar-refractivity contribution in [3.05, 3.63) is 219 Å². The van der Waals surface area contributed by atoms with Crippen molar-refractivity contribution in [1.82, 2.24) is 29.5 Å². The summed E-state index contributed by atoms with van der Waals surface area (Å²) in [7, 11) is -23.9. The van der Waals surface area contributed by atoms with Crippen molar-refractivity contribution in [1.29, 1.82) is 6.69 Å². The normalized spacial score (nSPS) is 22.6. The van der Waals surface area contributed by atoms with Crippen molar-refractivity contribution >= 4 is 60.5 Å². The van der Waals surface area contributed by atoms with Crippen molar-refractivity contribution in [2.45, 2.75) is 134 Å². The summed E-state index contributed by atoms with van der Waals surface area (Å²) in [5.74, 6) is 0. The fourth-order valence-electron chi connectivity index (χ4n) is 11.2. The van der Waals surface area contributed by atoms with Crippen LogP contribution in [0.15, 0.2) is 152 Å². The van der Waals surface area contributed by atoms with Crippen LogP contribution in [0.5, 0.6) is 0 Å². The Kier molecular flexibility index (Phi) is 38.1. The number of rotatable bonds is 21. The zero-order valence-corrected chi connectivity index (χ0v) is 73.7. The monoisotopic (exact) mass is 1950 g/mol. The first kappa shape index (κ1) is 78.6. The maximum atomic E-state index is 12.9. The predicted octanol–water partition coefficient (Wildman–Crippen LogP) is 12.8. The maximum Gasteiger partial charge on any atom is 1.00 e. The molecule has 6 aromatic carbocycles. The standard InChI is InChI=1S/2C16H24BF3N2O2.C11H13F3O4S.C10H11F3O2.C9H7F3O.C9H7F3.C6H15BN2O.C2H3N.CH2Cl2.CH4O.CH3O.Na/c2*1-12-10-21(17(2)23)8-9-22(12)15(11-24-3)13-4-6-14(7-5-13)16(18,19)20;1-17-7-10(18-19(2,15)16)8-3-5-9(6-4-8)11(12,13)14;1-15-6-9(14)7-2-4-8(5-3-7)10(11,12)13;10-9(11,12)7-3-1-6(2-4-7)8-5-13-8;1-2-7-3-5-8(6-4-7)9(10,11)12;1-6-5-9(7(2)10)4-3-8-6;1-2-3;2-1-3;2*1-2;/h2*4-7,12,15,23H,8-11H2,1-3H3;3-6,10H,7H2,1-2H3;2-5,9,14H,6H2,1H3;1-4,8H,5H2;2-6H,1H2;6,8,10H,3-5H2,1-2H3;1H3;1H2;2H,1H3;1H3;/q;;;;;;;;;;-1;+1/t12-,15+;12-,15-;;;;;6-;;;;;/m00....0...../s1/i2*3D3,11D2;1D3,7D2;1D3,6D2;5D2;1D2;;;;1D3,2D;1D3;. The number of aliphatic hydroxyl groups excluding tert-OH is 1. The number of nitriles is 1. The Morgan fingerprint density at radius 2 is 0.875 bits per heavy atom. The van der Waals surface area contributed by atoms with Gasteiger partial charge in [-0.1, -0.05) is 85.4 Å². The van der Waals surface area contributed by atoms with Gasteiger partial charge in [0.25, 0.3) is 10.1 Å². The van der Waals surface area contributed by atoms with Crippen LogP contribution < -0.4 is 40.0 Å². The first-order valence-electron chi connectivity index (χ1n) is 51.8. The molecule has 0 bridgehead atoms. The van der Waals surface area contributed by atoms with Crippen LogP contribution in [0.25, 0.3) is 6.08 Å². The first-order chi connectivity index (χ1) is 70.9. The molecule has 0 spiro atoms. The summed E-state index contributed by atoms with van der Waals surface area (Å²) >= 11 is 9.53. The summed E-state index contributed by atoms with van der Waals surface area (Å²) in [4.78, 5) is 8.93. The van der Waals surface area contributed by atoms with Gasteiger partial charge in [-0.15, -0.1) is 23.2 Å². The summed E-state index contributed by atoms with van der Waals surface area (Å²) in [5, 5.41) is 61.6. The molecule has 716 valence electrons. The van der Waals surface area contributed by atoms with E-state index in [1.54, 1.807) is 53.0 Å². The van der Waals surface area contributed by atoms with E-state index in [0.29, 0.717) is 73.9 Å². The molecule has 0 amide bonds. The van der Waals surface area contributed by atoms with Crippen LogP contribution in [0.3, 0.4) is 0 Å². The van der Waals surface area contributed by atoms with Crippen molar-refractivity contribution < 1.29 is 216 Å². The fourth-order valence-corrected chi connectivity index (χ4v) is 11.7. The molecule has 21 nitrogen and oxygen atoms in total. The van der Waals surface area contributed by atoms with E-state index in [4.69, 9.17) is 85.6 Å². The molecule has 4 heterocycles. The molecule has 0 aromatic heterocycles. The number of ether oxygens (including phenoxy) is 5. The second kappa shape index (κ2) is 62.0. The molecule has 3 unspecified atom stereocenters. The Morgan fingerprint density at radius 3 is 1.15 bits per heavy atom. The SMILES string of the molecule is CB(O)N1CCN[C@@H](C)C1.CC#N.ClCCl.[2H]C([2H])([2H])OC([2H])([2H])C(O)c1ccc(C(F)(F)F)cc1.[2H]C([2H])([2H])OC([2H])([2H])C(OS(C)(=O)=O)c1ccc(C(F)(F)F)cc1.[2H]C([2H])([2H])OC([2H])([2H])[C@@H](c1ccc(C(F)(F)F)cc1)N1CCN(B(C)O)C[C@@H]1C.[2H]C([2H])([2H])OC([2H])([2H])[C@H](c1ccc(C(F)(F)F)cc1)N1CCN(B(C)O)C[C@@H]1C.[2H]C([2H])([2H])[O-].[2H]C([2H])=Cc1ccc(C(F)(F)F)cc1.[2H]C1([2H])OC1c1ccc(C(F)(F)F)cc1.[2H]OC([2H])([2H])[2H].[Na+]. The van der Waals surface area contributed by atoms with Gasteiger partial charge in [-0.2, -0.15) is 99.7 Å². The van der Waals surface area contributed by atoms with Crippen LogP contribution in [0.2, 0.25) is 20.5 Å². The zero-order valence-electron chi connectivity index (χ0n) is 100. The third-order valence-corrected chi connectivity index (χ3v) is 17.9. The molecule has 4 aliphatic rings. The number of hydrogen-bond donors (Lipinski definition) is 6. The molecule has 4 fully saturated rings. The Bertz CT molecular complexity index is 5300. The van der Waals surface area contributed by atoms with Gasteiger partial charge in [0, 0.05) is 123 Å². The fraction of sp³-hybridized carbons (Fsp3) is 0.524. The van der Waals surface area contributed by atoms with Crippen LogP contribution >= 0.6 is 23.2 Å². The minimum atomic E-state index is -4.65. The maximum absolute atomic E-state index is 12.9. The summed E-state index contributed by atoms with van der Waals surface area (Å²) in [6.45, 7) is 3.38. The number of halogens is 20. The summed E-state index contributed by atoms with van der Waals surface area (Å²) < 4.78 is 491. The Hall–Kier alpha value is -5.71. The second-order valence-corrected chi connectivity index (χ2v) is 28.9. The number of alkyl halides is 20. The quantitative estimate of drug-likeness (QED) is 0.0128. The Labute approximate surface area is 814 Å². The average Bonchev–Trinajstić information content (AvgIpc) is 1.54. The van der Waals surface area contributed by atoms with E-state index in [2.05, 4.69) is 40.6 Å². The molecular formula is C82H113B3Cl2F18N7NaO14S. The van der Waals surface area contributed by atoms with Gasteiger partial charge >= 0.3 is 87.8 Å². The third kappa shape index (κ3) is 48.3. The van der Waals surface area contributed by atoms with Crippen LogP contribution in [0, 0.1) is 11.3 Å². The average molecular weight is 1950 g/mol. The van der Waals surface area contributed by atoms with E-state index in [9.17, 15) is 108 Å². The number of nitrogens with zero attached hydrogens (tertiary/aromatic N) is 6. The van der Waals surface area contributed by atoms with Crippen molar-refractivity contribution in [2.75, 3.05) is 146 Å². The van der Waals surface area contributed by atoms with Crippen molar-refractivity contribution in [3.63, 3.8) is 0 Å². The van der Waals surface area contributed by atoms with Crippen LogP contribution in [0.4, 0.5) is 79.0 Å². The van der Waals surface area contributed by atoms with E-state index >= 15 is 0 Å². The van der Waals surface area contributed by atoms with E-state index in [0.717, 1.165) is 117 Å². The molecule has 4 saturated heterocycles. The largest absolute Gasteiger partial charge is 1.00 e. The van der Waals surface area contributed by atoms with Gasteiger partial charge in [0.15, 0.2) is 0 Å². The van der Waals surface area contributed by atoms with Gasteiger partial charge in [0.05, 0.1) is 133 Å². The number of hydrogen-bond acceptors (Lipinski definition) is 21. The van der Waals surface area contributed by atoms with Crippen molar-refractivity contribution in [2.24, 2.45) is 0 Å². The molecule has 8 atom stereocenters. The molecule has 6 aromatic rings. The summed E-state index contributed by atoms with van der Waals surface area (Å²) in [6.07, 6.45) is -30.1. The predicted molar refractivity (Wildman–Crippen MR) is 452 cm³/mol. The molecule has 0 saturated carbocycles. The molecule has 46 heteroatoms. The minimum Gasteiger partial charge on any atom is -0.857 e. The minimum absolute atomic E-state index is 0. The summed E-state index contributed by atoms with van der Waals surface area (Å²) in [5.41, 5.74) is -4.66. The number of benzene rings is 6. The number of methoxy groups -OCH3 is 4. The van der Waals surface area contributed by atoms with Crippen molar-refractivity contribution in [3.8, 4) is 6.07 Å². The molecule has 10 rings (SSSR count). The first-order valence-corrected chi connectivity index (χ1v) is 39.3. The Morgan fingerprint density at radius 1 is 0.578 bits per heavy atom. The van der Waals surface area contributed by atoms with E-state index in [1.165, 1.54) is 37.3 Å². The number of nitrogens with one attached hydrogen (secondary N) is 1. The molecule has 6 N–H and O–H groups in total. The molecule has 0 aliphatic carbocycles. The van der Waals surface area contributed by atoms with Crippen LogP contribution in [0.1, 0.15) is 166 Å². The van der Waals surface area contributed by atoms with Crippen LogP contribution in [-0.4, -0.2) is 244 Å². The van der Waals surface area contributed by atoms with Gasteiger partial charge in [0.2, 0.25) is 1.43 Å². The second-order valence-electron chi connectivity index (χ2n) is 26.5. The Balaban J connectivity index is 0. The topological polar surface area (TPSA) is 269 Å². The smallest absolute Gasteiger partial charge is 0.857 e. The van der Waals surface area contributed by atoms with E-state index in [-0.39, 0.29) is 89.4 Å². The third-order valence-electron chi connectivity index (χ3n) is 17.4. The molecule has 0 radical (unpaired) electrons. The number of piperazine rings is 3. The van der Waals surface area contributed by atoms with Gasteiger partial charge in [-0.25, -0.2) is 0 Å². The molecule has 4 aliphatic heterocycles. The molecule has 128 heavy (non-hydrogen) atoms. The number of epoxide rings is 1. The van der Waals surface area contributed by atoms with Gasteiger partial charge in [-0.3, -0.25) is 14.0 Å². The molecular weight excluding hydrogens is 1810 g/mol. The van der Waals surface area contributed by atoms with E-state index < -0.39 is 207 Å². The zero-order chi connectivity index (χ0) is 124. The van der Waals surface area contributed by atoms with Gasteiger partial charge in [-0.05, 0) is 147 Å².